The van der Waals surface area contributed by atoms with Gasteiger partial charge in [0.05, 0.1) is 16.3 Å². The van der Waals surface area contributed by atoms with Crippen LogP contribution in [-0.2, 0) is 20.6 Å². The van der Waals surface area contributed by atoms with Crippen molar-refractivity contribution in [1.82, 2.24) is 0 Å². The number of alkyl halides is 3. The summed E-state index contributed by atoms with van der Waals surface area (Å²) in [6.45, 7) is 0. The Morgan fingerprint density at radius 1 is 1.15 bits per heavy atom. The van der Waals surface area contributed by atoms with Crippen LogP contribution in [0.3, 0.4) is 0 Å². The lowest BCUT2D eigenvalue weighted by Crippen LogP contribution is -2.47. The number of carbonyl (C=O) groups excluding carboxylic acids is 2. The second-order valence-electron chi connectivity index (χ2n) is 5.82. The van der Waals surface area contributed by atoms with E-state index in [1.54, 1.807) is 24.3 Å². The number of amides is 2. The zero-order chi connectivity index (χ0) is 18.7. The number of halogens is 4. The van der Waals surface area contributed by atoms with Crippen LogP contribution in [0.5, 0.6) is 0 Å². The van der Waals surface area contributed by atoms with Crippen molar-refractivity contribution in [2.45, 2.75) is 11.0 Å². The Labute approximate surface area is 155 Å². The van der Waals surface area contributed by atoms with Crippen molar-refractivity contribution >= 4 is 46.6 Å². The standard InChI is InChI=1S/C17H10ClF3N2O2S/c18-12-6-5-9(7-11(12)17(19,20)21)23-14(24)8-26-16(23)10-3-1-2-4-13(10)22-15(16)25/h1-7H,8H2,(H,22,25)/t16-/m0/s1. The van der Waals surface area contributed by atoms with E-state index in [0.717, 1.165) is 28.8 Å². The molecule has 2 aromatic carbocycles. The first-order valence-electron chi connectivity index (χ1n) is 7.50. The number of nitrogens with zero attached hydrogens (tertiary/aromatic N) is 1. The first kappa shape index (κ1) is 17.2. The van der Waals surface area contributed by atoms with E-state index in [1.165, 1.54) is 6.07 Å². The van der Waals surface area contributed by atoms with Gasteiger partial charge in [0, 0.05) is 16.9 Å². The summed E-state index contributed by atoms with van der Waals surface area (Å²) in [6, 6.07) is 10.0. The van der Waals surface area contributed by atoms with E-state index in [-0.39, 0.29) is 11.4 Å². The van der Waals surface area contributed by atoms with Gasteiger partial charge in [0.2, 0.25) is 10.8 Å². The molecule has 2 aliphatic rings. The van der Waals surface area contributed by atoms with Crippen LogP contribution in [0.4, 0.5) is 24.5 Å². The Hall–Kier alpha value is -2.19. The minimum atomic E-state index is -4.67. The monoisotopic (exact) mass is 398 g/mol. The van der Waals surface area contributed by atoms with Gasteiger partial charge in [0.15, 0.2) is 0 Å². The van der Waals surface area contributed by atoms with E-state index in [4.69, 9.17) is 11.6 Å². The molecule has 0 radical (unpaired) electrons. The number of nitrogens with one attached hydrogen (secondary N) is 1. The molecule has 134 valence electrons. The number of anilines is 2. The van der Waals surface area contributed by atoms with Gasteiger partial charge in [-0.25, -0.2) is 0 Å². The van der Waals surface area contributed by atoms with Crippen LogP contribution in [0, 0.1) is 0 Å². The molecule has 0 unspecified atom stereocenters. The molecule has 1 spiro atoms. The lowest BCUT2D eigenvalue weighted by Gasteiger charge is -2.32. The Morgan fingerprint density at radius 3 is 2.62 bits per heavy atom. The highest BCUT2D eigenvalue weighted by atomic mass is 35.5. The molecule has 9 heteroatoms. The van der Waals surface area contributed by atoms with Crippen LogP contribution in [0.25, 0.3) is 0 Å². The van der Waals surface area contributed by atoms with Crippen molar-refractivity contribution in [1.29, 1.82) is 0 Å². The molecule has 0 aromatic heterocycles. The molecule has 2 aliphatic heterocycles. The van der Waals surface area contributed by atoms with Gasteiger partial charge in [-0.2, -0.15) is 13.2 Å². The topological polar surface area (TPSA) is 49.4 Å². The number of thioether (sulfide) groups is 1. The maximum absolute atomic E-state index is 13.2. The smallest absolute Gasteiger partial charge is 0.323 e. The molecule has 2 aromatic rings. The summed E-state index contributed by atoms with van der Waals surface area (Å²) >= 11 is 6.76. The van der Waals surface area contributed by atoms with Crippen LogP contribution in [0.1, 0.15) is 11.1 Å². The van der Waals surface area contributed by atoms with Crippen molar-refractivity contribution < 1.29 is 22.8 Å². The fourth-order valence-electron chi connectivity index (χ4n) is 3.25. The number of rotatable bonds is 1. The van der Waals surface area contributed by atoms with Crippen molar-refractivity contribution in [3.63, 3.8) is 0 Å². The molecule has 4 nitrogen and oxygen atoms in total. The summed E-state index contributed by atoms with van der Waals surface area (Å²) in [6.07, 6.45) is -4.67. The zero-order valence-electron chi connectivity index (χ0n) is 12.9. The normalized spacial score (nSPS) is 22.1. The van der Waals surface area contributed by atoms with E-state index in [1.807, 2.05) is 0 Å². The summed E-state index contributed by atoms with van der Waals surface area (Å²) in [5, 5.41) is 2.24. The van der Waals surface area contributed by atoms with Gasteiger partial charge in [0.1, 0.15) is 0 Å². The summed E-state index contributed by atoms with van der Waals surface area (Å²) in [7, 11) is 0. The first-order valence-corrected chi connectivity index (χ1v) is 8.86. The molecule has 2 amide bonds. The summed E-state index contributed by atoms with van der Waals surface area (Å²) in [5.74, 6) is -0.929. The summed E-state index contributed by atoms with van der Waals surface area (Å²) in [5.41, 5.74) is 0.00542. The highest BCUT2D eigenvalue weighted by Gasteiger charge is 2.58. The van der Waals surface area contributed by atoms with E-state index in [9.17, 15) is 22.8 Å². The number of carbonyl (C=O) groups is 2. The van der Waals surface area contributed by atoms with Gasteiger partial charge in [-0.3, -0.25) is 14.5 Å². The lowest BCUT2D eigenvalue weighted by molar-refractivity contribution is -0.137. The molecule has 2 heterocycles. The Bertz CT molecular complexity index is 950. The number of hydrogen-bond acceptors (Lipinski definition) is 3. The second kappa shape index (κ2) is 5.65. The number of para-hydroxylation sites is 1. The second-order valence-corrected chi connectivity index (χ2v) is 7.40. The third kappa shape index (κ3) is 2.32. The fraction of sp³-hybridized carbons (Fsp3) is 0.176. The van der Waals surface area contributed by atoms with Crippen LogP contribution >= 0.6 is 23.4 Å². The van der Waals surface area contributed by atoms with Crippen LogP contribution in [0.2, 0.25) is 5.02 Å². The third-order valence-electron chi connectivity index (χ3n) is 4.33. The average molecular weight is 399 g/mol. The molecule has 26 heavy (non-hydrogen) atoms. The van der Waals surface area contributed by atoms with Gasteiger partial charge in [-0.05, 0) is 24.3 Å². The molecule has 1 saturated heterocycles. The van der Waals surface area contributed by atoms with E-state index < -0.39 is 33.4 Å². The predicted octanol–water partition coefficient (Wildman–Crippen LogP) is 4.24. The molecule has 1 fully saturated rings. The summed E-state index contributed by atoms with van der Waals surface area (Å²) in [4.78, 5) is 25.0. The average Bonchev–Trinajstić information content (AvgIpc) is 3.06. The number of hydrogen-bond donors (Lipinski definition) is 1. The highest BCUT2D eigenvalue weighted by molar-refractivity contribution is 8.02. The van der Waals surface area contributed by atoms with E-state index >= 15 is 0 Å². The van der Waals surface area contributed by atoms with Gasteiger partial charge >= 0.3 is 6.18 Å². The van der Waals surface area contributed by atoms with Gasteiger partial charge in [0.25, 0.3) is 5.91 Å². The maximum Gasteiger partial charge on any atom is 0.417 e. The van der Waals surface area contributed by atoms with Crippen molar-refractivity contribution in [2.24, 2.45) is 0 Å². The Morgan fingerprint density at radius 2 is 1.88 bits per heavy atom. The quantitative estimate of drug-likeness (QED) is 0.781. The molecular formula is C17H10ClF3N2O2S. The minimum Gasteiger partial charge on any atom is -0.323 e. The van der Waals surface area contributed by atoms with Crippen LogP contribution in [-0.4, -0.2) is 17.6 Å². The highest BCUT2D eigenvalue weighted by Crippen LogP contribution is 2.54. The maximum atomic E-state index is 13.2. The predicted molar refractivity (Wildman–Crippen MR) is 93.1 cm³/mol. The molecule has 0 bridgehead atoms. The van der Waals surface area contributed by atoms with Crippen molar-refractivity contribution in [2.75, 3.05) is 16.0 Å². The third-order valence-corrected chi connectivity index (χ3v) is 6.06. The summed E-state index contributed by atoms with van der Waals surface area (Å²) < 4.78 is 39.7. The largest absolute Gasteiger partial charge is 0.417 e. The fourth-order valence-corrected chi connectivity index (χ4v) is 4.79. The minimum absolute atomic E-state index is 0.0221. The van der Waals surface area contributed by atoms with E-state index in [0.29, 0.717) is 11.3 Å². The van der Waals surface area contributed by atoms with Crippen molar-refractivity contribution in [3.8, 4) is 0 Å². The van der Waals surface area contributed by atoms with Gasteiger partial charge in [-0.1, -0.05) is 29.8 Å². The van der Waals surface area contributed by atoms with Gasteiger partial charge in [-0.15, -0.1) is 11.8 Å². The van der Waals surface area contributed by atoms with Crippen molar-refractivity contribution in [3.05, 3.63) is 58.6 Å². The van der Waals surface area contributed by atoms with Crippen LogP contribution < -0.4 is 10.2 Å². The van der Waals surface area contributed by atoms with Gasteiger partial charge < -0.3 is 5.32 Å². The Balaban J connectivity index is 1.91. The first-order chi connectivity index (χ1) is 12.2. The number of fused-ring (bicyclic) bond motifs is 2. The van der Waals surface area contributed by atoms with Crippen LogP contribution in [0.15, 0.2) is 42.5 Å². The number of benzene rings is 2. The lowest BCUT2D eigenvalue weighted by atomic mass is 10.0. The zero-order valence-corrected chi connectivity index (χ0v) is 14.5. The Kier molecular flexibility index (Phi) is 3.75. The molecule has 1 atom stereocenters. The molecular weight excluding hydrogens is 389 g/mol. The molecule has 0 aliphatic carbocycles. The molecule has 1 N–H and O–H groups in total. The molecule has 0 saturated carbocycles. The van der Waals surface area contributed by atoms with E-state index in [2.05, 4.69) is 5.32 Å². The molecule has 4 rings (SSSR count). The SMILES string of the molecule is O=C1CS[C@@]2(C(=O)Nc3ccccc32)N1c1ccc(Cl)c(C(F)(F)F)c1.